The molecule has 0 spiro atoms. The second kappa shape index (κ2) is 11.7. The smallest absolute Gasteiger partial charge is 0.416 e. The number of hydrogen-bond acceptors (Lipinski definition) is 4. The summed E-state index contributed by atoms with van der Waals surface area (Å²) in [5.41, 5.74) is -0.402. The number of carbonyl (C=O) groups excluding carboxylic acids is 3. The first-order chi connectivity index (χ1) is 15.9. The largest absolute Gasteiger partial charge is 0.461 e. The van der Waals surface area contributed by atoms with Gasteiger partial charge in [0.05, 0.1) is 11.7 Å². The van der Waals surface area contributed by atoms with Crippen molar-refractivity contribution in [2.45, 2.75) is 58.5 Å². The Kier molecular flexibility index (Phi) is 9.23. The molecule has 9 heteroatoms. The molecule has 0 saturated heterocycles. The van der Waals surface area contributed by atoms with Crippen LogP contribution in [0.5, 0.6) is 0 Å². The van der Waals surface area contributed by atoms with Crippen LogP contribution in [0.4, 0.5) is 13.2 Å². The van der Waals surface area contributed by atoms with Crippen molar-refractivity contribution in [2.24, 2.45) is 5.92 Å². The zero-order valence-electron chi connectivity index (χ0n) is 19.5. The first-order valence-electron chi connectivity index (χ1n) is 10.9. The van der Waals surface area contributed by atoms with Crippen molar-refractivity contribution >= 4 is 17.8 Å². The van der Waals surface area contributed by atoms with Gasteiger partial charge in [-0.05, 0) is 43.5 Å². The molecule has 2 rings (SSSR count). The minimum absolute atomic E-state index is 0.171. The summed E-state index contributed by atoms with van der Waals surface area (Å²) in [5, 5.41) is 5.13. The van der Waals surface area contributed by atoms with E-state index < -0.39 is 53.6 Å². The van der Waals surface area contributed by atoms with Crippen LogP contribution in [0.25, 0.3) is 0 Å². The van der Waals surface area contributed by atoms with Crippen LogP contribution in [-0.4, -0.2) is 36.0 Å². The number of esters is 1. The van der Waals surface area contributed by atoms with Gasteiger partial charge in [-0.2, -0.15) is 13.2 Å². The molecule has 34 heavy (non-hydrogen) atoms. The maximum atomic E-state index is 13.1. The van der Waals surface area contributed by atoms with E-state index in [0.717, 1.165) is 23.8 Å². The number of ether oxygens (including phenoxy) is 1. The third kappa shape index (κ3) is 7.90. The fourth-order valence-electron chi connectivity index (χ4n) is 3.22. The Labute approximate surface area is 196 Å². The molecule has 0 radical (unpaired) electrons. The summed E-state index contributed by atoms with van der Waals surface area (Å²) in [5.74, 6) is -2.51. The summed E-state index contributed by atoms with van der Waals surface area (Å²) < 4.78 is 44.3. The highest BCUT2D eigenvalue weighted by atomic mass is 19.4. The van der Waals surface area contributed by atoms with E-state index in [1.807, 2.05) is 6.07 Å². The van der Waals surface area contributed by atoms with E-state index in [0.29, 0.717) is 0 Å². The molecule has 0 heterocycles. The van der Waals surface area contributed by atoms with Crippen LogP contribution in [0.2, 0.25) is 0 Å². The second-order valence-corrected chi connectivity index (χ2v) is 8.51. The van der Waals surface area contributed by atoms with Gasteiger partial charge >= 0.3 is 12.1 Å². The molecular formula is C25H29F3N2O4. The first kappa shape index (κ1) is 26.9. The number of amides is 2. The molecule has 0 aliphatic carbocycles. The Morgan fingerprint density at radius 1 is 0.912 bits per heavy atom. The third-order valence-electron chi connectivity index (χ3n) is 4.92. The van der Waals surface area contributed by atoms with Gasteiger partial charge in [-0.1, -0.05) is 50.2 Å². The number of alkyl halides is 3. The van der Waals surface area contributed by atoms with Crippen molar-refractivity contribution in [1.29, 1.82) is 0 Å². The van der Waals surface area contributed by atoms with Gasteiger partial charge in [0, 0.05) is 12.0 Å². The van der Waals surface area contributed by atoms with Crippen LogP contribution in [-0.2, 0) is 26.9 Å². The molecule has 2 unspecified atom stereocenters. The molecule has 0 aliphatic rings. The van der Waals surface area contributed by atoms with Crippen molar-refractivity contribution in [2.75, 3.05) is 0 Å². The van der Waals surface area contributed by atoms with Gasteiger partial charge in [-0.25, -0.2) is 4.79 Å². The van der Waals surface area contributed by atoms with Gasteiger partial charge in [0.2, 0.25) is 5.91 Å². The molecule has 2 amide bonds. The molecule has 0 aromatic heterocycles. The van der Waals surface area contributed by atoms with Crippen molar-refractivity contribution in [1.82, 2.24) is 10.6 Å². The summed E-state index contributed by atoms with van der Waals surface area (Å²) in [4.78, 5) is 38.3. The predicted octanol–water partition coefficient (Wildman–Crippen LogP) is 4.14. The summed E-state index contributed by atoms with van der Waals surface area (Å²) in [7, 11) is 0. The van der Waals surface area contributed by atoms with E-state index in [1.54, 1.807) is 52.0 Å². The van der Waals surface area contributed by atoms with E-state index in [9.17, 15) is 27.6 Å². The second-order valence-electron chi connectivity index (χ2n) is 8.51. The van der Waals surface area contributed by atoms with Crippen molar-refractivity contribution in [3.63, 3.8) is 0 Å². The van der Waals surface area contributed by atoms with Crippen LogP contribution < -0.4 is 10.6 Å². The molecule has 2 aromatic rings. The Bertz CT molecular complexity index is 991. The molecule has 6 nitrogen and oxygen atoms in total. The highest BCUT2D eigenvalue weighted by molar-refractivity contribution is 5.98. The summed E-state index contributed by atoms with van der Waals surface area (Å²) in [6, 6.07) is 10.9. The zero-order valence-corrected chi connectivity index (χ0v) is 19.5. The minimum atomic E-state index is -4.60. The third-order valence-corrected chi connectivity index (χ3v) is 4.92. The molecule has 0 aliphatic heterocycles. The zero-order chi connectivity index (χ0) is 25.5. The van der Waals surface area contributed by atoms with Gasteiger partial charge in [-0.3, -0.25) is 9.59 Å². The van der Waals surface area contributed by atoms with Gasteiger partial charge in [0.15, 0.2) is 0 Å². The molecule has 2 aromatic carbocycles. The monoisotopic (exact) mass is 478 g/mol. The SMILES string of the molecule is CC(C)OC(=O)C(Cc1ccccc1)NC(=O)C(NC(=O)c1cccc(C(F)(F)F)c1)C(C)C. The summed E-state index contributed by atoms with van der Waals surface area (Å²) in [6.45, 7) is 6.72. The average Bonchev–Trinajstić information content (AvgIpc) is 2.76. The van der Waals surface area contributed by atoms with Crippen LogP contribution in [0.1, 0.15) is 49.2 Å². The lowest BCUT2D eigenvalue weighted by Crippen LogP contribution is -2.54. The molecular weight excluding hydrogens is 449 g/mol. The highest BCUT2D eigenvalue weighted by Gasteiger charge is 2.33. The molecule has 0 saturated carbocycles. The van der Waals surface area contributed by atoms with Crippen LogP contribution in [0.15, 0.2) is 54.6 Å². The lowest BCUT2D eigenvalue weighted by atomic mass is 10.0. The van der Waals surface area contributed by atoms with Crippen LogP contribution in [0.3, 0.4) is 0 Å². The van der Waals surface area contributed by atoms with Crippen molar-refractivity contribution < 1.29 is 32.3 Å². The van der Waals surface area contributed by atoms with Crippen LogP contribution >= 0.6 is 0 Å². The molecule has 184 valence electrons. The van der Waals surface area contributed by atoms with Crippen molar-refractivity contribution in [3.8, 4) is 0 Å². The van der Waals surface area contributed by atoms with Gasteiger partial charge in [-0.15, -0.1) is 0 Å². The fraction of sp³-hybridized carbons (Fsp3) is 0.400. The standard InChI is InChI=1S/C25H29F3N2O4/c1-15(2)21(30-22(31)18-11-8-12-19(14-18)25(26,27)28)23(32)29-20(24(33)34-16(3)4)13-17-9-6-5-7-10-17/h5-12,14-16,20-21H,13H2,1-4H3,(H,29,32)(H,30,31). The molecule has 0 bridgehead atoms. The quantitative estimate of drug-likeness (QED) is 0.531. The van der Waals surface area contributed by atoms with E-state index in [4.69, 9.17) is 4.74 Å². The number of carbonyl (C=O) groups is 3. The molecule has 0 fully saturated rings. The Morgan fingerprint density at radius 2 is 1.56 bits per heavy atom. The number of nitrogens with one attached hydrogen (secondary N) is 2. The average molecular weight is 479 g/mol. The Hall–Kier alpha value is -3.36. The maximum absolute atomic E-state index is 13.1. The van der Waals surface area contributed by atoms with E-state index in [1.165, 1.54) is 6.07 Å². The van der Waals surface area contributed by atoms with Gasteiger partial charge in [0.25, 0.3) is 5.91 Å². The van der Waals surface area contributed by atoms with Crippen LogP contribution in [0, 0.1) is 5.92 Å². The number of benzene rings is 2. The Balaban J connectivity index is 2.20. The lowest BCUT2D eigenvalue weighted by Gasteiger charge is -2.25. The molecule has 2 atom stereocenters. The minimum Gasteiger partial charge on any atom is -0.461 e. The molecule has 2 N–H and O–H groups in total. The predicted molar refractivity (Wildman–Crippen MR) is 121 cm³/mol. The normalized spacial score (nSPS) is 13.3. The van der Waals surface area contributed by atoms with Crippen molar-refractivity contribution in [3.05, 3.63) is 71.3 Å². The number of halogens is 3. The van der Waals surface area contributed by atoms with Gasteiger partial charge in [0.1, 0.15) is 12.1 Å². The summed E-state index contributed by atoms with van der Waals surface area (Å²) >= 11 is 0. The highest BCUT2D eigenvalue weighted by Crippen LogP contribution is 2.29. The van der Waals surface area contributed by atoms with Gasteiger partial charge < -0.3 is 15.4 Å². The van der Waals surface area contributed by atoms with E-state index in [-0.39, 0.29) is 12.0 Å². The van der Waals surface area contributed by atoms with E-state index in [2.05, 4.69) is 10.6 Å². The maximum Gasteiger partial charge on any atom is 0.416 e. The number of hydrogen-bond donors (Lipinski definition) is 2. The first-order valence-corrected chi connectivity index (χ1v) is 10.9. The van der Waals surface area contributed by atoms with E-state index >= 15 is 0 Å². The number of rotatable bonds is 9. The summed E-state index contributed by atoms with van der Waals surface area (Å²) in [6.07, 6.45) is -4.83. The fourth-order valence-corrected chi connectivity index (χ4v) is 3.22. The lowest BCUT2D eigenvalue weighted by molar-refractivity contribution is -0.151. The topological polar surface area (TPSA) is 84.5 Å². The Morgan fingerprint density at radius 3 is 2.12 bits per heavy atom.